The van der Waals surface area contributed by atoms with Crippen LogP contribution in [0.1, 0.15) is 26.5 Å². The SMILES string of the molecule is CC[Si](CC)(CC)OC(=O)/C=C/c1ccco1. The molecule has 0 aliphatic heterocycles. The minimum atomic E-state index is -1.83. The summed E-state index contributed by atoms with van der Waals surface area (Å²) < 4.78 is 10.8. The predicted octanol–water partition coefficient (Wildman–Crippen LogP) is 3.84. The van der Waals surface area contributed by atoms with E-state index in [1.165, 1.54) is 6.08 Å². The van der Waals surface area contributed by atoms with Gasteiger partial charge in [-0.3, -0.25) is 0 Å². The minimum absolute atomic E-state index is 0.251. The van der Waals surface area contributed by atoms with E-state index in [1.807, 2.05) is 0 Å². The Morgan fingerprint density at radius 1 is 1.35 bits per heavy atom. The van der Waals surface area contributed by atoms with Gasteiger partial charge in [-0.1, -0.05) is 20.8 Å². The quantitative estimate of drug-likeness (QED) is 0.570. The molecule has 0 radical (unpaired) electrons. The normalized spacial score (nSPS) is 11.9. The second-order valence-electron chi connectivity index (χ2n) is 4.01. The van der Waals surface area contributed by atoms with Gasteiger partial charge < -0.3 is 8.84 Å². The Labute approximate surface area is 104 Å². The van der Waals surface area contributed by atoms with Crippen LogP contribution in [0.2, 0.25) is 18.1 Å². The molecule has 0 saturated heterocycles. The maximum atomic E-state index is 11.7. The van der Waals surface area contributed by atoms with Crippen LogP contribution in [0.15, 0.2) is 28.9 Å². The molecule has 94 valence electrons. The first-order valence-corrected chi connectivity index (χ1v) is 8.63. The molecule has 1 rings (SSSR count). The van der Waals surface area contributed by atoms with Gasteiger partial charge in [0.2, 0.25) is 0 Å². The molecule has 0 amide bonds. The Balaban J connectivity index is 2.59. The van der Waals surface area contributed by atoms with Crippen LogP contribution >= 0.6 is 0 Å². The molecule has 0 aliphatic rings. The van der Waals surface area contributed by atoms with Gasteiger partial charge in [0.25, 0.3) is 8.32 Å². The van der Waals surface area contributed by atoms with Crippen LogP contribution in [-0.2, 0) is 9.22 Å². The zero-order chi connectivity index (χ0) is 12.7. The molecule has 0 bridgehead atoms. The molecule has 1 heterocycles. The third-order valence-corrected chi connectivity index (χ3v) is 7.68. The molecule has 1 aromatic rings. The molecule has 0 fully saturated rings. The van der Waals surface area contributed by atoms with E-state index in [1.54, 1.807) is 24.5 Å². The average molecular weight is 252 g/mol. The summed E-state index contributed by atoms with van der Waals surface area (Å²) >= 11 is 0. The van der Waals surface area contributed by atoms with Gasteiger partial charge in [-0.2, -0.15) is 0 Å². The molecule has 0 saturated carbocycles. The highest BCUT2D eigenvalue weighted by Gasteiger charge is 2.31. The van der Waals surface area contributed by atoms with E-state index in [2.05, 4.69) is 20.8 Å². The fraction of sp³-hybridized carbons (Fsp3) is 0.462. The van der Waals surface area contributed by atoms with Crippen LogP contribution in [-0.4, -0.2) is 14.3 Å². The maximum Gasteiger partial charge on any atom is 0.317 e. The Kier molecular flexibility index (Phi) is 5.22. The van der Waals surface area contributed by atoms with Gasteiger partial charge in [-0.05, 0) is 36.3 Å². The highest BCUT2D eigenvalue weighted by atomic mass is 28.4. The number of hydrogen-bond donors (Lipinski definition) is 0. The summed E-state index contributed by atoms with van der Waals surface area (Å²) in [5.74, 6) is 0.414. The Hall–Kier alpha value is -1.29. The van der Waals surface area contributed by atoms with Crippen molar-refractivity contribution < 1.29 is 13.6 Å². The molecule has 17 heavy (non-hydrogen) atoms. The van der Waals surface area contributed by atoms with Crippen molar-refractivity contribution in [1.29, 1.82) is 0 Å². The summed E-state index contributed by atoms with van der Waals surface area (Å²) in [5.41, 5.74) is 0. The van der Waals surface area contributed by atoms with E-state index in [0.717, 1.165) is 18.1 Å². The zero-order valence-electron chi connectivity index (χ0n) is 10.7. The largest absolute Gasteiger partial charge is 0.516 e. The van der Waals surface area contributed by atoms with Crippen molar-refractivity contribution in [3.8, 4) is 0 Å². The number of hydrogen-bond acceptors (Lipinski definition) is 3. The Morgan fingerprint density at radius 2 is 2.00 bits per heavy atom. The van der Waals surface area contributed by atoms with Gasteiger partial charge in [-0.25, -0.2) is 4.79 Å². The molecule has 4 heteroatoms. The summed E-state index contributed by atoms with van der Waals surface area (Å²) in [5, 5.41) is 0. The number of rotatable bonds is 6. The first-order valence-electron chi connectivity index (χ1n) is 6.10. The Bertz CT molecular complexity index is 356. The molecular weight excluding hydrogens is 232 g/mol. The lowest BCUT2D eigenvalue weighted by molar-refractivity contribution is -0.129. The molecule has 3 nitrogen and oxygen atoms in total. The van der Waals surface area contributed by atoms with Gasteiger partial charge in [0.05, 0.1) is 6.26 Å². The Morgan fingerprint density at radius 3 is 2.47 bits per heavy atom. The lowest BCUT2D eigenvalue weighted by Gasteiger charge is -2.26. The van der Waals surface area contributed by atoms with Crippen molar-refractivity contribution in [2.45, 2.75) is 38.9 Å². The van der Waals surface area contributed by atoms with Crippen molar-refractivity contribution in [2.75, 3.05) is 0 Å². The van der Waals surface area contributed by atoms with Crippen molar-refractivity contribution >= 4 is 20.4 Å². The molecule has 0 aromatic carbocycles. The lowest BCUT2D eigenvalue weighted by atomic mass is 10.4. The molecular formula is C13H20O3Si. The highest BCUT2D eigenvalue weighted by Crippen LogP contribution is 2.21. The molecule has 0 aliphatic carbocycles. The smallest absolute Gasteiger partial charge is 0.317 e. The lowest BCUT2D eigenvalue weighted by Crippen LogP contribution is -2.37. The van der Waals surface area contributed by atoms with Crippen LogP contribution in [0.4, 0.5) is 0 Å². The summed E-state index contributed by atoms with van der Waals surface area (Å²) in [6.07, 6.45) is 4.66. The van der Waals surface area contributed by atoms with Crippen LogP contribution in [0.3, 0.4) is 0 Å². The fourth-order valence-corrected chi connectivity index (χ4v) is 4.18. The van der Waals surface area contributed by atoms with E-state index < -0.39 is 8.32 Å². The monoisotopic (exact) mass is 252 g/mol. The number of carbonyl (C=O) groups is 1. The van der Waals surface area contributed by atoms with Crippen molar-refractivity contribution in [1.82, 2.24) is 0 Å². The predicted molar refractivity (Wildman–Crippen MR) is 71.0 cm³/mol. The highest BCUT2D eigenvalue weighted by molar-refractivity contribution is 6.75. The van der Waals surface area contributed by atoms with Crippen molar-refractivity contribution in [3.63, 3.8) is 0 Å². The van der Waals surface area contributed by atoms with Crippen molar-refractivity contribution in [2.24, 2.45) is 0 Å². The van der Waals surface area contributed by atoms with Gasteiger partial charge >= 0.3 is 5.97 Å². The minimum Gasteiger partial charge on any atom is -0.516 e. The van der Waals surface area contributed by atoms with E-state index in [9.17, 15) is 4.79 Å². The average Bonchev–Trinajstić information content (AvgIpc) is 2.87. The van der Waals surface area contributed by atoms with Crippen LogP contribution < -0.4 is 0 Å². The van der Waals surface area contributed by atoms with E-state index in [-0.39, 0.29) is 5.97 Å². The van der Waals surface area contributed by atoms with Gasteiger partial charge in [0.1, 0.15) is 5.76 Å². The van der Waals surface area contributed by atoms with Gasteiger partial charge in [0.15, 0.2) is 0 Å². The van der Waals surface area contributed by atoms with Gasteiger partial charge in [-0.15, -0.1) is 0 Å². The summed E-state index contributed by atoms with van der Waals surface area (Å²) in [4.78, 5) is 11.7. The summed E-state index contributed by atoms with van der Waals surface area (Å²) in [6, 6.07) is 6.50. The van der Waals surface area contributed by atoms with Crippen molar-refractivity contribution in [3.05, 3.63) is 30.2 Å². The summed E-state index contributed by atoms with van der Waals surface area (Å²) in [7, 11) is -1.83. The molecule has 0 unspecified atom stereocenters. The number of furan rings is 1. The number of carbonyl (C=O) groups excluding carboxylic acids is 1. The van der Waals surface area contributed by atoms with E-state index in [4.69, 9.17) is 8.84 Å². The maximum absolute atomic E-state index is 11.7. The van der Waals surface area contributed by atoms with Crippen LogP contribution in [0.25, 0.3) is 6.08 Å². The topological polar surface area (TPSA) is 39.4 Å². The van der Waals surface area contributed by atoms with E-state index >= 15 is 0 Å². The molecule has 1 aromatic heterocycles. The first kappa shape index (κ1) is 13.8. The summed E-state index contributed by atoms with van der Waals surface area (Å²) in [6.45, 7) is 6.30. The standard InChI is InChI=1S/C13H20O3Si/c1-4-17(5-2,6-3)16-13(14)10-9-12-8-7-11-15-12/h7-11H,4-6H2,1-3H3/b10-9+. The third-order valence-electron chi connectivity index (χ3n) is 3.18. The van der Waals surface area contributed by atoms with Crippen LogP contribution in [0, 0.1) is 0 Å². The third kappa shape index (κ3) is 3.89. The fourth-order valence-electron chi connectivity index (χ4n) is 1.75. The van der Waals surface area contributed by atoms with Crippen LogP contribution in [0.5, 0.6) is 0 Å². The second-order valence-corrected chi connectivity index (χ2v) is 8.70. The molecule has 0 N–H and O–H groups in total. The molecule has 0 atom stereocenters. The second kappa shape index (κ2) is 6.44. The first-order chi connectivity index (χ1) is 8.15. The van der Waals surface area contributed by atoms with E-state index in [0.29, 0.717) is 5.76 Å². The van der Waals surface area contributed by atoms with Gasteiger partial charge in [0, 0.05) is 6.08 Å². The zero-order valence-corrected chi connectivity index (χ0v) is 11.7. The molecule has 0 spiro atoms.